The van der Waals surface area contributed by atoms with E-state index >= 15 is 0 Å². The number of carboxylic acid groups (broad SMARTS) is 1. The lowest BCUT2D eigenvalue weighted by Crippen LogP contribution is -1.99. The maximum absolute atomic E-state index is 10.7. The fourth-order valence-electron chi connectivity index (χ4n) is 1.12. The van der Waals surface area contributed by atoms with Crippen molar-refractivity contribution in [3.8, 4) is 5.69 Å². The average Bonchev–Trinajstić information content (AvgIpc) is 2.85. The molecule has 0 radical (unpaired) electrons. The summed E-state index contributed by atoms with van der Waals surface area (Å²) < 4.78 is 1.51. The number of carbonyl (C=O) groups is 1. The van der Waals surface area contributed by atoms with Gasteiger partial charge >= 0.3 is 5.97 Å². The number of hydrogen-bond donors (Lipinski definition) is 1. The van der Waals surface area contributed by atoms with E-state index in [9.17, 15) is 4.79 Å². The van der Waals surface area contributed by atoms with Gasteiger partial charge in [-0.3, -0.25) is 0 Å². The minimum Gasteiger partial charge on any atom is -0.478 e. The predicted octanol–water partition coefficient (Wildman–Crippen LogP) is 1.99. The minimum absolute atomic E-state index is 0.234. The van der Waals surface area contributed by atoms with Crippen molar-refractivity contribution in [2.75, 3.05) is 0 Å². The highest BCUT2D eigenvalue weighted by Crippen LogP contribution is 2.08. The molecule has 0 spiro atoms. The van der Waals surface area contributed by atoms with Gasteiger partial charge in [-0.05, 0) is 18.2 Å². The summed E-state index contributed by atoms with van der Waals surface area (Å²) in [5.41, 5.74) is 0.917. The SMILES string of the molecule is CC.O=C(O)c1cccc(-n2cncn2)c1. The first-order chi connectivity index (χ1) is 7.77. The van der Waals surface area contributed by atoms with Crippen molar-refractivity contribution >= 4 is 5.97 Å². The fraction of sp³-hybridized carbons (Fsp3) is 0.182. The second kappa shape index (κ2) is 5.65. The Morgan fingerprint density at radius 1 is 1.38 bits per heavy atom. The lowest BCUT2D eigenvalue weighted by molar-refractivity contribution is 0.0697. The third-order valence-corrected chi connectivity index (χ3v) is 1.78. The quantitative estimate of drug-likeness (QED) is 0.838. The van der Waals surface area contributed by atoms with Gasteiger partial charge in [-0.1, -0.05) is 19.9 Å². The summed E-state index contributed by atoms with van der Waals surface area (Å²) in [5, 5.41) is 12.7. The Labute approximate surface area is 93.4 Å². The van der Waals surface area contributed by atoms with E-state index in [4.69, 9.17) is 5.11 Å². The number of carboxylic acids is 1. The summed E-state index contributed by atoms with van der Waals surface area (Å²) in [7, 11) is 0. The molecular weight excluding hydrogens is 206 g/mol. The van der Waals surface area contributed by atoms with E-state index in [0.29, 0.717) is 5.69 Å². The van der Waals surface area contributed by atoms with E-state index < -0.39 is 5.97 Å². The maximum Gasteiger partial charge on any atom is 0.335 e. The molecule has 1 aromatic heterocycles. The van der Waals surface area contributed by atoms with Crippen LogP contribution in [0.1, 0.15) is 24.2 Å². The van der Waals surface area contributed by atoms with Crippen LogP contribution >= 0.6 is 0 Å². The molecule has 0 atom stereocenters. The van der Waals surface area contributed by atoms with Crippen LogP contribution in [0.15, 0.2) is 36.9 Å². The second-order valence-electron chi connectivity index (χ2n) is 2.70. The van der Waals surface area contributed by atoms with Gasteiger partial charge in [-0.2, -0.15) is 5.10 Å². The van der Waals surface area contributed by atoms with E-state index in [0.717, 1.165) is 0 Å². The Morgan fingerprint density at radius 3 is 2.69 bits per heavy atom. The molecule has 1 aromatic carbocycles. The Kier molecular flexibility index (Phi) is 4.20. The predicted molar refractivity (Wildman–Crippen MR) is 59.7 cm³/mol. The standard InChI is InChI=1S/C9H7N3O2.C2H6/c13-9(14)7-2-1-3-8(4-7)12-6-10-5-11-12;1-2/h1-6H,(H,13,14);1-2H3. The number of hydrogen-bond acceptors (Lipinski definition) is 3. The molecule has 0 saturated heterocycles. The van der Waals surface area contributed by atoms with E-state index in [2.05, 4.69) is 10.1 Å². The smallest absolute Gasteiger partial charge is 0.335 e. The molecule has 5 heteroatoms. The van der Waals surface area contributed by atoms with Crippen molar-refractivity contribution < 1.29 is 9.90 Å². The van der Waals surface area contributed by atoms with Crippen molar-refractivity contribution in [1.29, 1.82) is 0 Å². The van der Waals surface area contributed by atoms with Gasteiger partial charge < -0.3 is 5.11 Å². The molecule has 0 aliphatic heterocycles. The molecule has 0 aliphatic carbocycles. The number of benzene rings is 1. The summed E-state index contributed by atoms with van der Waals surface area (Å²) >= 11 is 0. The van der Waals surface area contributed by atoms with Crippen molar-refractivity contribution in [3.05, 3.63) is 42.5 Å². The highest BCUT2D eigenvalue weighted by atomic mass is 16.4. The third kappa shape index (κ3) is 2.66. The Balaban J connectivity index is 0.000000606. The molecule has 84 valence electrons. The molecular formula is C11H13N3O2. The van der Waals surface area contributed by atoms with Crippen LogP contribution in [0.4, 0.5) is 0 Å². The van der Waals surface area contributed by atoms with Gasteiger partial charge in [0.05, 0.1) is 11.3 Å². The first-order valence-electron chi connectivity index (χ1n) is 4.96. The van der Waals surface area contributed by atoms with Crippen LogP contribution in [-0.4, -0.2) is 25.8 Å². The van der Waals surface area contributed by atoms with Gasteiger partial charge in [0.2, 0.25) is 0 Å². The van der Waals surface area contributed by atoms with Gasteiger partial charge in [0.1, 0.15) is 12.7 Å². The average molecular weight is 219 g/mol. The van der Waals surface area contributed by atoms with Crippen molar-refractivity contribution in [3.63, 3.8) is 0 Å². The number of rotatable bonds is 2. The zero-order valence-corrected chi connectivity index (χ0v) is 9.16. The molecule has 2 rings (SSSR count). The van der Waals surface area contributed by atoms with Crippen LogP contribution in [0.5, 0.6) is 0 Å². The van der Waals surface area contributed by atoms with E-state index in [-0.39, 0.29) is 5.56 Å². The first-order valence-corrected chi connectivity index (χ1v) is 4.96. The van der Waals surface area contributed by atoms with Crippen LogP contribution in [0.2, 0.25) is 0 Å². The van der Waals surface area contributed by atoms with Gasteiger partial charge in [0, 0.05) is 0 Å². The molecule has 1 heterocycles. The van der Waals surface area contributed by atoms with E-state index in [1.54, 1.807) is 12.1 Å². The van der Waals surface area contributed by atoms with Gasteiger partial charge in [0.25, 0.3) is 0 Å². The molecule has 2 aromatic rings. The van der Waals surface area contributed by atoms with E-state index in [1.807, 2.05) is 13.8 Å². The van der Waals surface area contributed by atoms with Gasteiger partial charge in [0.15, 0.2) is 0 Å². The molecule has 0 bridgehead atoms. The lowest BCUT2D eigenvalue weighted by atomic mass is 10.2. The second-order valence-corrected chi connectivity index (χ2v) is 2.70. The van der Waals surface area contributed by atoms with Crippen molar-refractivity contribution in [1.82, 2.24) is 14.8 Å². The van der Waals surface area contributed by atoms with Crippen LogP contribution in [0.3, 0.4) is 0 Å². The Bertz CT molecular complexity index is 452. The summed E-state index contributed by atoms with van der Waals surface area (Å²) in [6, 6.07) is 6.50. The van der Waals surface area contributed by atoms with Crippen LogP contribution in [-0.2, 0) is 0 Å². The van der Waals surface area contributed by atoms with Crippen LogP contribution in [0, 0.1) is 0 Å². The summed E-state index contributed by atoms with van der Waals surface area (Å²) in [4.78, 5) is 14.5. The molecule has 5 nitrogen and oxygen atoms in total. The molecule has 16 heavy (non-hydrogen) atoms. The Hall–Kier alpha value is -2.17. The maximum atomic E-state index is 10.7. The number of nitrogens with zero attached hydrogens (tertiary/aromatic N) is 3. The highest BCUT2D eigenvalue weighted by molar-refractivity contribution is 5.88. The normalized spacial score (nSPS) is 9.12. The molecule has 0 amide bonds. The minimum atomic E-state index is -0.952. The highest BCUT2D eigenvalue weighted by Gasteiger charge is 2.03. The monoisotopic (exact) mass is 219 g/mol. The van der Waals surface area contributed by atoms with Crippen LogP contribution < -0.4 is 0 Å². The molecule has 0 saturated carbocycles. The van der Waals surface area contributed by atoms with Gasteiger partial charge in [-0.15, -0.1) is 0 Å². The van der Waals surface area contributed by atoms with Crippen molar-refractivity contribution in [2.24, 2.45) is 0 Å². The van der Waals surface area contributed by atoms with Gasteiger partial charge in [-0.25, -0.2) is 14.5 Å². The van der Waals surface area contributed by atoms with E-state index in [1.165, 1.54) is 29.5 Å². The largest absolute Gasteiger partial charge is 0.478 e. The molecule has 0 unspecified atom stereocenters. The first kappa shape index (κ1) is 11.9. The van der Waals surface area contributed by atoms with Crippen molar-refractivity contribution in [2.45, 2.75) is 13.8 Å². The Morgan fingerprint density at radius 2 is 2.12 bits per heavy atom. The molecule has 1 N–H and O–H groups in total. The molecule has 0 fully saturated rings. The zero-order valence-electron chi connectivity index (χ0n) is 9.16. The summed E-state index contributed by atoms with van der Waals surface area (Å²) in [6.07, 6.45) is 2.91. The lowest BCUT2D eigenvalue weighted by Gasteiger charge is -2.00. The summed E-state index contributed by atoms with van der Waals surface area (Å²) in [5.74, 6) is -0.952. The fourth-order valence-corrected chi connectivity index (χ4v) is 1.12. The topological polar surface area (TPSA) is 68.0 Å². The zero-order chi connectivity index (χ0) is 12.0. The van der Waals surface area contributed by atoms with Crippen LogP contribution in [0.25, 0.3) is 5.69 Å². The molecule has 0 aliphatic rings. The third-order valence-electron chi connectivity index (χ3n) is 1.78. The summed E-state index contributed by atoms with van der Waals surface area (Å²) in [6.45, 7) is 4.00. The number of aromatic carboxylic acids is 1. The number of aromatic nitrogens is 3.